The van der Waals surface area contributed by atoms with Crippen molar-refractivity contribution in [3.8, 4) is 0 Å². The van der Waals surface area contributed by atoms with Crippen LogP contribution in [0.25, 0.3) is 0 Å². The van der Waals surface area contributed by atoms with Crippen molar-refractivity contribution in [1.29, 1.82) is 0 Å². The molecule has 90 valence electrons. The number of carbonyl (C=O) groups excluding carboxylic acids is 1. The van der Waals surface area contributed by atoms with Crippen LogP contribution in [-0.2, 0) is 9.53 Å². The Kier molecular flexibility index (Phi) is 2.86. The molecule has 0 aromatic heterocycles. The van der Waals surface area contributed by atoms with Crippen LogP contribution >= 0.6 is 0 Å². The van der Waals surface area contributed by atoms with Gasteiger partial charge in [0.2, 0.25) is 5.91 Å². The number of hydrogen-bond acceptors (Lipinski definition) is 3. The molecule has 3 aliphatic rings. The van der Waals surface area contributed by atoms with Crippen molar-refractivity contribution in [3.63, 3.8) is 0 Å². The first-order valence-corrected chi connectivity index (χ1v) is 6.45. The third-order valence-corrected chi connectivity index (χ3v) is 4.11. The highest BCUT2D eigenvalue weighted by Gasteiger charge is 2.38. The lowest BCUT2D eigenvalue weighted by Gasteiger charge is -2.44. The van der Waals surface area contributed by atoms with Gasteiger partial charge < -0.3 is 9.64 Å². The molecule has 0 bridgehead atoms. The summed E-state index contributed by atoms with van der Waals surface area (Å²) in [6.45, 7) is 5.78. The topological polar surface area (TPSA) is 32.8 Å². The minimum atomic E-state index is 0.152. The smallest absolute Gasteiger partial charge is 0.228 e. The van der Waals surface area contributed by atoms with Crippen LogP contribution in [0.15, 0.2) is 0 Å². The van der Waals surface area contributed by atoms with Gasteiger partial charge in [-0.15, -0.1) is 0 Å². The van der Waals surface area contributed by atoms with Gasteiger partial charge in [0.15, 0.2) is 0 Å². The SMILES string of the molecule is O=C(C1CCOC1)N1CC(N2CCCC2)C1. The molecule has 0 radical (unpaired) electrons. The van der Waals surface area contributed by atoms with Gasteiger partial charge in [0.1, 0.15) is 0 Å². The fourth-order valence-electron chi connectivity index (χ4n) is 2.96. The summed E-state index contributed by atoms with van der Waals surface area (Å²) in [6.07, 6.45) is 3.59. The number of amides is 1. The zero-order chi connectivity index (χ0) is 11.0. The first-order valence-electron chi connectivity index (χ1n) is 6.45. The molecule has 4 heteroatoms. The van der Waals surface area contributed by atoms with Crippen LogP contribution in [-0.4, -0.2) is 61.1 Å². The van der Waals surface area contributed by atoms with Gasteiger partial charge >= 0.3 is 0 Å². The molecule has 0 N–H and O–H groups in total. The van der Waals surface area contributed by atoms with Crippen molar-refractivity contribution in [2.45, 2.75) is 25.3 Å². The predicted molar refractivity (Wildman–Crippen MR) is 60.1 cm³/mol. The van der Waals surface area contributed by atoms with Gasteiger partial charge in [-0.2, -0.15) is 0 Å². The molecule has 3 heterocycles. The van der Waals surface area contributed by atoms with Crippen molar-refractivity contribution < 1.29 is 9.53 Å². The summed E-state index contributed by atoms with van der Waals surface area (Å²) in [7, 11) is 0. The number of carbonyl (C=O) groups is 1. The average molecular weight is 224 g/mol. The summed E-state index contributed by atoms with van der Waals surface area (Å²) < 4.78 is 5.27. The fraction of sp³-hybridized carbons (Fsp3) is 0.917. The van der Waals surface area contributed by atoms with Crippen molar-refractivity contribution in [1.82, 2.24) is 9.80 Å². The molecule has 3 aliphatic heterocycles. The summed E-state index contributed by atoms with van der Waals surface area (Å²) in [4.78, 5) is 16.6. The van der Waals surface area contributed by atoms with Gasteiger partial charge in [-0.1, -0.05) is 0 Å². The third kappa shape index (κ3) is 1.84. The highest BCUT2D eigenvalue weighted by molar-refractivity contribution is 5.80. The van der Waals surface area contributed by atoms with Crippen LogP contribution in [0.4, 0.5) is 0 Å². The zero-order valence-corrected chi connectivity index (χ0v) is 9.73. The number of ether oxygens (including phenoxy) is 1. The highest BCUT2D eigenvalue weighted by atomic mass is 16.5. The Morgan fingerprint density at radius 1 is 1.19 bits per heavy atom. The molecular weight excluding hydrogens is 204 g/mol. The van der Waals surface area contributed by atoms with Crippen molar-refractivity contribution in [3.05, 3.63) is 0 Å². The lowest BCUT2D eigenvalue weighted by molar-refractivity contribution is -0.142. The molecule has 0 spiro atoms. The Hall–Kier alpha value is -0.610. The lowest BCUT2D eigenvalue weighted by Crippen LogP contribution is -2.61. The van der Waals surface area contributed by atoms with E-state index in [0.29, 0.717) is 18.6 Å². The Morgan fingerprint density at radius 2 is 1.94 bits per heavy atom. The van der Waals surface area contributed by atoms with E-state index < -0.39 is 0 Å². The van der Waals surface area contributed by atoms with Crippen LogP contribution in [0.2, 0.25) is 0 Å². The van der Waals surface area contributed by atoms with Gasteiger partial charge in [-0.25, -0.2) is 0 Å². The molecule has 1 atom stereocenters. The van der Waals surface area contributed by atoms with Crippen molar-refractivity contribution >= 4 is 5.91 Å². The summed E-state index contributed by atoms with van der Waals surface area (Å²) in [5.41, 5.74) is 0. The maximum Gasteiger partial charge on any atom is 0.228 e. The average Bonchev–Trinajstić information content (AvgIpc) is 2.88. The molecule has 0 aliphatic carbocycles. The Balaban J connectivity index is 1.47. The molecule has 3 saturated heterocycles. The van der Waals surface area contributed by atoms with E-state index in [1.807, 2.05) is 4.90 Å². The molecule has 16 heavy (non-hydrogen) atoms. The van der Waals surface area contributed by atoms with Crippen molar-refractivity contribution in [2.24, 2.45) is 5.92 Å². The molecule has 3 rings (SSSR count). The maximum atomic E-state index is 12.0. The Bertz CT molecular complexity index is 264. The Morgan fingerprint density at radius 3 is 2.56 bits per heavy atom. The maximum absolute atomic E-state index is 12.0. The van der Waals surface area contributed by atoms with Gasteiger partial charge in [0.05, 0.1) is 12.5 Å². The largest absolute Gasteiger partial charge is 0.381 e. The number of hydrogen-bond donors (Lipinski definition) is 0. The van der Waals surface area contributed by atoms with E-state index in [-0.39, 0.29) is 5.92 Å². The minimum Gasteiger partial charge on any atom is -0.381 e. The van der Waals surface area contributed by atoms with Crippen LogP contribution in [0.3, 0.4) is 0 Å². The van der Waals surface area contributed by atoms with Crippen LogP contribution in [0.5, 0.6) is 0 Å². The van der Waals surface area contributed by atoms with E-state index in [1.165, 1.54) is 25.9 Å². The number of likely N-dealkylation sites (tertiary alicyclic amines) is 2. The molecule has 1 unspecified atom stereocenters. The van der Waals surface area contributed by atoms with E-state index in [0.717, 1.165) is 26.1 Å². The third-order valence-electron chi connectivity index (χ3n) is 4.11. The van der Waals surface area contributed by atoms with Gasteiger partial charge in [-0.05, 0) is 32.4 Å². The quantitative estimate of drug-likeness (QED) is 0.677. The molecule has 3 fully saturated rings. The van der Waals surface area contributed by atoms with E-state index in [1.54, 1.807) is 0 Å². The predicted octanol–water partition coefficient (Wildman–Crippen LogP) is 0.329. The number of nitrogens with zero attached hydrogens (tertiary/aromatic N) is 2. The van der Waals surface area contributed by atoms with E-state index >= 15 is 0 Å². The van der Waals surface area contributed by atoms with Gasteiger partial charge in [-0.3, -0.25) is 9.69 Å². The first kappa shape index (κ1) is 10.5. The molecule has 0 saturated carbocycles. The minimum absolute atomic E-state index is 0.152. The van der Waals surface area contributed by atoms with E-state index in [2.05, 4.69) is 4.90 Å². The summed E-state index contributed by atoms with van der Waals surface area (Å²) in [5, 5.41) is 0. The second-order valence-electron chi connectivity index (χ2n) is 5.20. The summed E-state index contributed by atoms with van der Waals surface area (Å²) in [6, 6.07) is 0.647. The lowest BCUT2D eigenvalue weighted by atomic mass is 10.0. The standard InChI is InChI=1S/C12H20N2O2/c15-12(10-3-6-16-9-10)14-7-11(8-14)13-4-1-2-5-13/h10-11H,1-9H2. The fourth-order valence-corrected chi connectivity index (χ4v) is 2.96. The Labute approximate surface area is 96.5 Å². The first-order chi connectivity index (χ1) is 7.84. The van der Waals surface area contributed by atoms with E-state index in [9.17, 15) is 4.79 Å². The monoisotopic (exact) mass is 224 g/mol. The molecule has 4 nitrogen and oxygen atoms in total. The van der Waals surface area contributed by atoms with Crippen LogP contribution in [0.1, 0.15) is 19.3 Å². The molecule has 0 aromatic carbocycles. The van der Waals surface area contributed by atoms with Crippen molar-refractivity contribution in [2.75, 3.05) is 39.4 Å². The molecule has 1 amide bonds. The second-order valence-corrected chi connectivity index (χ2v) is 5.20. The normalized spacial score (nSPS) is 32.0. The molecular formula is C12H20N2O2. The zero-order valence-electron chi connectivity index (χ0n) is 9.73. The van der Waals surface area contributed by atoms with Crippen LogP contribution in [0, 0.1) is 5.92 Å². The van der Waals surface area contributed by atoms with E-state index in [4.69, 9.17) is 4.74 Å². The summed E-state index contributed by atoms with van der Waals surface area (Å²) >= 11 is 0. The second kappa shape index (κ2) is 4.34. The number of rotatable bonds is 2. The molecule has 0 aromatic rings. The van der Waals surface area contributed by atoms with Gasteiger partial charge in [0, 0.05) is 25.7 Å². The highest BCUT2D eigenvalue weighted by Crippen LogP contribution is 2.24. The van der Waals surface area contributed by atoms with Crippen LogP contribution < -0.4 is 0 Å². The van der Waals surface area contributed by atoms with Gasteiger partial charge in [0.25, 0.3) is 0 Å². The summed E-state index contributed by atoms with van der Waals surface area (Å²) in [5.74, 6) is 0.479.